The van der Waals surface area contributed by atoms with Crippen molar-refractivity contribution in [3.8, 4) is 0 Å². The molecule has 0 aliphatic carbocycles. The Kier molecular flexibility index (Phi) is 4.20. The number of nitrogens with two attached hydrogens (primary N) is 1. The molecule has 0 spiro atoms. The predicted molar refractivity (Wildman–Crippen MR) is 82.5 cm³/mol. The second kappa shape index (κ2) is 5.73. The van der Waals surface area contributed by atoms with E-state index >= 15 is 0 Å². The van der Waals surface area contributed by atoms with Crippen molar-refractivity contribution >= 4 is 33.0 Å². The van der Waals surface area contributed by atoms with Gasteiger partial charge < -0.3 is 5.73 Å². The second-order valence-electron chi connectivity index (χ2n) is 4.20. The second-order valence-corrected chi connectivity index (χ2v) is 6.43. The molecule has 0 bridgehead atoms. The summed E-state index contributed by atoms with van der Waals surface area (Å²) in [6.45, 7) is 2.09. The third-order valence-electron chi connectivity index (χ3n) is 2.86. The molecule has 0 saturated carbocycles. The Hall–Kier alpha value is -1.72. The fourth-order valence-electron chi connectivity index (χ4n) is 1.93. The van der Waals surface area contributed by atoms with Gasteiger partial charge in [0.1, 0.15) is 4.90 Å². The number of nitrogens with zero attached hydrogens (tertiary/aromatic N) is 1. The number of nitrogen functional groups attached to an aromatic ring is 1. The molecule has 0 aliphatic heterocycles. The Morgan fingerprint density at radius 3 is 2.35 bits per heavy atom. The number of hydrogen-bond donors (Lipinski definition) is 1. The Labute approximate surface area is 123 Å². The molecule has 2 aromatic rings. The van der Waals surface area contributed by atoms with Crippen LogP contribution >= 0.6 is 11.6 Å². The smallest absolute Gasteiger partial charge is 0.265 e. The molecular weight excluding hydrogens is 296 g/mol. The van der Waals surface area contributed by atoms with Crippen LogP contribution in [0, 0.1) is 0 Å². The van der Waals surface area contributed by atoms with Crippen LogP contribution in [0.1, 0.15) is 6.92 Å². The summed E-state index contributed by atoms with van der Waals surface area (Å²) in [6, 6.07) is 13.3. The molecule has 0 fully saturated rings. The van der Waals surface area contributed by atoms with Crippen molar-refractivity contribution in [3.05, 3.63) is 53.6 Å². The maximum Gasteiger partial charge on any atom is 0.265 e. The van der Waals surface area contributed by atoms with Crippen LogP contribution in [0.2, 0.25) is 5.02 Å². The van der Waals surface area contributed by atoms with Crippen molar-refractivity contribution in [3.63, 3.8) is 0 Å². The number of benzene rings is 2. The number of sulfonamides is 1. The van der Waals surface area contributed by atoms with Crippen LogP contribution in [0.3, 0.4) is 0 Å². The lowest BCUT2D eigenvalue weighted by Crippen LogP contribution is -2.30. The summed E-state index contributed by atoms with van der Waals surface area (Å²) in [5, 5.41) is 0.124. The van der Waals surface area contributed by atoms with Crippen molar-refractivity contribution in [2.45, 2.75) is 11.8 Å². The number of rotatable bonds is 4. The van der Waals surface area contributed by atoms with Gasteiger partial charge in [-0.15, -0.1) is 0 Å². The highest BCUT2D eigenvalue weighted by Gasteiger charge is 2.25. The van der Waals surface area contributed by atoms with Gasteiger partial charge in [-0.1, -0.05) is 29.8 Å². The SMILES string of the molecule is CCN(c1ccccc1)S(=O)(=O)c1ccc(N)cc1Cl. The minimum absolute atomic E-state index is 0.0547. The first-order chi connectivity index (χ1) is 9.46. The highest BCUT2D eigenvalue weighted by molar-refractivity contribution is 7.93. The highest BCUT2D eigenvalue weighted by Crippen LogP contribution is 2.29. The molecule has 0 amide bonds. The standard InChI is InChI=1S/C14H15ClN2O2S/c1-2-17(12-6-4-3-5-7-12)20(18,19)14-9-8-11(16)10-13(14)15/h3-10H,2,16H2,1H3. The summed E-state index contributed by atoms with van der Waals surface area (Å²) in [7, 11) is -3.71. The first-order valence-corrected chi connectivity index (χ1v) is 7.91. The van der Waals surface area contributed by atoms with Gasteiger partial charge in [-0.2, -0.15) is 0 Å². The van der Waals surface area contributed by atoms with Gasteiger partial charge in [0.05, 0.1) is 10.7 Å². The average Bonchev–Trinajstić information content (AvgIpc) is 2.40. The van der Waals surface area contributed by atoms with Crippen LogP contribution in [0.15, 0.2) is 53.4 Å². The molecule has 20 heavy (non-hydrogen) atoms. The van der Waals surface area contributed by atoms with E-state index in [0.717, 1.165) is 0 Å². The third-order valence-corrected chi connectivity index (χ3v) is 5.24. The van der Waals surface area contributed by atoms with Gasteiger partial charge >= 0.3 is 0 Å². The monoisotopic (exact) mass is 310 g/mol. The van der Waals surface area contributed by atoms with Crippen molar-refractivity contribution in [2.75, 3.05) is 16.6 Å². The summed E-state index contributed by atoms with van der Waals surface area (Å²) >= 11 is 6.02. The normalized spacial score (nSPS) is 11.3. The minimum atomic E-state index is -3.71. The van der Waals surface area contributed by atoms with Gasteiger partial charge in [-0.25, -0.2) is 8.42 Å². The molecule has 106 valence electrons. The molecular formula is C14H15ClN2O2S. The van der Waals surface area contributed by atoms with E-state index in [2.05, 4.69) is 0 Å². The molecule has 0 aliphatic rings. The van der Waals surface area contributed by atoms with Crippen LogP contribution in [-0.2, 0) is 10.0 Å². The largest absolute Gasteiger partial charge is 0.399 e. The first kappa shape index (κ1) is 14.7. The van der Waals surface area contributed by atoms with Crippen LogP contribution < -0.4 is 10.0 Å². The molecule has 2 N–H and O–H groups in total. The van der Waals surface area contributed by atoms with Crippen LogP contribution in [0.4, 0.5) is 11.4 Å². The number of para-hydroxylation sites is 1. The molecule has 2 aromatic carbocycles. The molecule has 0 aromatic heterocycles. The summed E-state index contributed by atoms with van der Waals surface area (Å²) in [5.74, 6) is 0. The molecule has 4 nitrogen and oxygen atoms in total. The molecule has 0 atom stereocenters. The van der Waals surface area contributed by atoms with E-state index in [9.17, 15) is 8.42 Å². The number of halogens is 1. The van der Waals surface area contributed by atoms with Crippen molar-refractivity contribution in [1.29, 1.82) is 0 Å². The van der Waals surface area contributed by atoms with Gasteiger partial charge in [-0.05, 0) is 37.3 Å². The fraction of sp³-hybridized carbons (Fsp3) is 0.143. The first-order valence-electron chi connectivity index (χ1n) is 6.09. The van der Waals surface area contributed by atoms with Gasteiger partial charge in [0.15, 0.2) is 0 Å². The topological polar surface area (TPSA) is 63.4 Å². The van der Waals surface area contributed by atoms with Crippen molar-refractivity contribution in [1.82, 2.24) is 0 Å². The van der Waals surface area contributed by atoms with E-state index in [4.69, 9.17) is 17.3 Å². The van der Waals surface area contributed by atoms with E-state index < -0.39 is 10.0 Å². The van der Waals surface area contributed by atoms with Gasteiger partial charge in [0, 0.05) is 12.2 Å². The lowest BCUT2D eigenvalue weighted by Gasteiger charge is -2.23. The molecule has 0 saturated heterocycles. The molecule has 6 heteroatoms. The molecule has 0 radical (unpaired) electrons. The van der Waals surface area contributed by atoms with Crippen LogP contribution in [0.25, 0.3) is 0 Å². The van der Waals surface area contributed by atoms with Crippen molar-refractivity contribution in [2.24, 2.45) is 0 Å². The molecule has 0 unspecified atom stereocenters. The Balaban J connectivity index is 2.53. The lowest BCUT2D eigenvalue weighted by molar-refractivity contribution is 0.592. The zero-order valence-corrected chi connectivity index (χ0v) is 12.5. The summed E-state index contributed by atoms with van der Waals surface area (Å²) in [4.78, 5) is 0.0547. The van der Waals surface area contributed by atoms with E-state index in [1.165, 1.54) is 22.5 Å². The van der Waals surface area contributed by atoms with Gasteiger partial charge in [0.2, 0.25) is 0 Å². The van der Waals surface area contributed by atoms with E-state index in [0.29, 0.717) is 17.9 Å². The highest BCUT2D eigenvalue weighted by atomic mass is 35.5. The quantitative estimate of drug-likeness (QED) is 0.882. The minimum Gasteiger partial charge on any atom is -0.399 e. The maximum atomic E-state index is 12.7. The zero-order chi connectivity index (χ0) is 14.8. The van der Waals surface area contributed by atoms with Crippen LogP contribution in [-0.4, -0.2) is 15.0 Å². The van der Waals surface area contributed by atoms with E-state index in [1.54, 1.807) is 31.2 Å². The summed E-state index contributed by atoms with van der Waals surface area (Å²) in [6.07, 6.45) is 0. The average molecular weight is 311 g/mol. The Bertz CT molecular complexity index is 702. The molecule has 0 heterocycles. The van der Waals surface area contributed by atoms with Gasteiger partial charge in [-0.3, -0.25) is 4.31 Å². The van der Waals surface area contributed by atoms with Gasteiger partial charge in [0.25, 0.3) is 10.0 Å². The molecule has 2 rings (SSSR count). The third kappa shape index (κ3) is 2.73. The Morgan fingerprint density at radius 2 is 1.80 bits per heavy atom. The van der Waals surface area contributed by atoms with Crippen molar-refractivity contribution < 1.29 is 8.42 Å². The fourth-order valence-corrected chi connectivity index (χ4v) is 3.93. The number of anilines is 2. The van der Waals surface area contributed by atoms with E-state index in [1.807, 2.05) is 6.07 Å². The summed E-state index contributed by atoms with van der Waals surface area (Å²) in [5.41, 5.74) is 6.63. The lowest BCUT2D eigenvalue weighted by atomic mass is 10.3. The maximum absolute atomic E-state index is 12.7. The Morgan fingerprint density at radius 1 is 1.15 bits per heavy atom. The predicted octanol–water partition coefficient (Wildman–Crippen LogP) is 3.14. The zero-order valence-electron chi connectivity index (χ0n) is 11.0. The summed E-state index contributed by atoms with van der Waals surface area (Å²) < 4.78 is 26.7. The van der Waals surface area contributed by atoms with Crippen LogP contribution in [0.5, 0.6) is 0 Å². The van der Waals surface area contributed by atoms with E-state index in [-0.39, 0.29) is 9.92 Å². The number of hydrogen-bond acceptors (Lipinski definition) is 3.